The molecule has 110 valence electrons. The van der Waals surface area contributed by atoms with Crippen LogP contribution in [0.25, 0.3) is 0 Å². The molecule has 20 heavy (non-hydrogen) atoms. The number of methoxy groups -OCH3 is 1. The summed E-state index contributed by atoms with van der Waals surface area (Å²) in [6, 6.07) is 7.27. The Hall–Kier alpha value is -1.59. The van der Waals surface area contributed by atoms with Crippen molar-refractivity contribution in [2.45, 2.75) is 18.9 Å². The maximum Gasteiger partial charge on any atom is 0.253 e. The van der Waals surface area contributed by atoms with E-state index in [0.29, 0.717) is 24.5 Å². The summed E-state index contributed by atoms with van der Waals surface area (Å²) < 4.78 is 10.8. The average Bonchev–Trinajstić information content (AvgIpc) is 2.52. The van der Waals surface area contributed by atoms with E-state index in [0.717, 1.165) is 25.9 Å². The number of nitrogens with zero attached hydrogens (tertiary/aromatic N) is 1. The second-order valence-electron chi connectivity index (χ2n) is 4.88. The number of benzene rings is 1. The van der Waals surface area contributed by atoms with Crippen LogP contribution in [0.3, 0.4) is 0 Å². The van der Waals surface area contributed by atoms with Gasteiger partial charge in [-0.15, -0.1) is 0 Å². The summed E-state index contributed by atoms with van der Waals surface area (Å²) in [5.74, 6) is 0.762. The number of likely N-dealkylation sites (tertiary alicyclic amines) is 1. The number of carbonyl (C=O) groups is 1. The third-order valence-electron chi connectivity index (χ3n) is 3.52. The van der Waals surface area contributed by atoms with Crippen LogP contribution in [-0.4, -0.2) is 50.3 Å². The van der Waals surface area contributed by atoms with Crippen molar-refractivity contribution in [1.29, 1.82) is 0 Å². The Morgan fingerprint density at radius 2 is 2.15 bits per heavy atom. The maximum atomic E-state index is 12.4. The van der Waals surface area contributed by atoms with Gasteiger partial charge in [0.05, 0.1) is 19.8 Å². The lowest BCUT2D eigenvalue weighted by Gasteiger charge is -2.32. The van der Waals surface area contributed by atoms with E-state index < -0.39 is 0 Å². The number of rotatable bonds is 5. The molecule has 5 nitrogen and oxygen atoms in total. The van der Waals surface area contributed by atoms with Gasteiger partial charge in [0.2, 0.25) is 0 Å². The van der Waals surface area contributed by atoms with E-state index in [2.05, 4.69) is 0 Å². The SMILES string of the molecule is COc1cccc(C(=O)N2CCC(OCCN)CC2)c1. The Morgan fingerprint density at radius 1 is 1.40 bits per heavy atom. The molecule has 0 radical (unpaired) electrons. The predicted octanol–water partition coefficient (Wildman–Crippen LogP) is 1.28. The molecule has 0 atom stereocenters. The fraction of sp³-hybridized carbons (Fsp3) is 0.533. The van der Waals surface area contributed by atoms with Crippen molar-refractivity contribution in [3.63, 3.8) is 0 Å². The summed E-state index contributed by atoms with van der Waals surface area (Å²) in [5.41, 5.74) is 6.10. The first kappa shape index (κ1) is 14.8. The van der Waals surface area contributed by atoms with Crippen LogP contribution in [0.2, 0.25) is 0 Å². The fourth-order valence-corrected chi connectivity index (χ4v) is 2.40. The van der Waals surface area contributed by atoms with Gasteiger partial charge in [0, 0.05) is 25.2 Å². The molecule has 1 aromatic carbocycles. The van der Waals surface area contributed by atoms with Crippen molar-refractivity contribution < 1.29 is 14.3 Å². The maximum absolute atomic E-state index is 12.4. The monoisotopic (exact) mass is 278 g/mol. The fourth-order valence-electron chi connectivity index (χ4n) is 2.40. The molecule has 0 aliphatic carbocycles. The molecule has 1 fully saturated rings. The normalized spacial score (nSPS) is 16.2. The van der Waals surface area contributed by atoms with Gasteiger partial charge < -0.3 is 20.1 Å². The molecule has 0 spiro atoms. The number of carbonyl (C=O) groups excluding carboxylic acids is 1. The molecule has 0 unspecified atom stereocenters. The van der Waals surface area contributed by atoms with Gasteiger partial charge in [0.25, 0.3) is 5.91 Å². The van der Waals surface area contributed by atoms with E-state index in [9.17, 15) is 4.79 Å². The van der Waals surface area contributed by atoms with E-state index >= 15 is 0 Å². The third kappa shape index (κ3) is 3.71. The molecule has 5 heteroatoms. The van der Waals surface area contributed by atoms with Crippen molar-refractivity contribution in [1.82, 2.24) is 4.90 Å². The van der Waals surface area contributed by atoms with E-state index in [1.807, 2.05) is 23.1 Å². The van der Waals surface area contributed by atoms with E-state index in [1.165, 1.54) is 0 Å². The third-order valence-corrected chi connectivity index (χ3v) is 3.52. The summed E-state index contributed by atoms with van der Waals surface area (Å²) >= 11 is 0. The van der Waals surface area contributed by atoms with Crippen LogP contribution >= 0.6 is 0 Å². The van der Waals surface area contributed by atoms with Crippen LogP contribution in [0.5, 0.6) is 5.75 Å². The van der Waals surface area contributed by atoms with Crippen molar-refractivity contribution in [3.05, 3.63) is 29.8 Å². The standard InChI is InChI=1S/C15H22N2O3/c1-19-14-4-2-3-12(11-14)15(18)17-8-5-13(6-9-17)20-10-7-16/h2-4,11,13H,5-10,16H2,1H3. The lowest BCUT2D eigenvalue weighted by atomic mass is 10.1. The molecular weight excluding hydrogens is 256 g/mol. The summed E-state index contributed by atoms with van der Waals surface area (Å²) in [7, 11) is 1.60. The molecule has 1 aromatic rings. The van der Waals surface area contributed by atoms with Crippen LogP contribution in [0.1, 0.15) is 23.2 Å². The molecule has 0 bridgehead atoms. The van der Waals surface area contributed by atoms with E-state index in [1.54, 1.807) is 13.2 Å². The second-order valence-corrected chi connectivity index (χ2v) is 4.88. The number of hydrogen-bond acceptors (Lipinski definition) is 4. The highest BCUT2D eigenvalue weighted by molar-refractivity contribution is 5.94. The predicted molar refractivity (Wildman–Crippen MR) is 76.9 cm³/mol. The summed E-state index contributed by atoms with van der Waals surface area (Å²) in [6.45, 7) is 2.59. The summed E-state index contributed by atoms with van der Waals surface area (Å²) in [5, 5.41) is 0. The highest BCUT2D eigenvalue weighted by Crippen LogP contribution is 2.18. The van der Waals surface area contributed by atoms with Crippen LogP contribution in [0.4, 0.5) is 0 Å². The van der Waals surface area contributed by atoms with Crippen LogP contribution in [0, 0.1) is 0 Å². The highest BCUT2D eigenvalue weighted by Gasteiger charge is 2.24. The molecule has 2 rings (SSSR count). The first-order valence-electron chi connectivity index (χ1n) is 6.99. The minimum Gasteiger partial charge on any atom is -0.497 e. The molecule has 2 N–H and O–H groups in total. The number of nitrogens with two attached hydrogens (primary N) is 1. The number of ether oxygens (including phenoxy) is 2. The Kier molecular flexibility index (Phi) is 5.38. The van der Waals surface area contributed by atoms with Crippen molar-refractivity contribution >= 4 is 5.91 Å². The Labute approximate surface area is 119 Å². The molecule has 0 aromatic heterocycles. The first-order valence-corrected chi connectivity index (χ1v) is 6.99. The summed E-state index contributed by atoms with van der Waals surface area (Å²) in [6.07, 6.45) is 1.97. The number of amides is 1. The number of piperidine rings is 1. The second kappa shape index (κ2) is 7.26. The number of hydrogen-bond donors (Lipinski definition) is 1. The van der Waals surface area contributed by atoms with E-state index in [-0.39, 0.29) is 12.0 Å². The minimum atomic E-state index is 0.0566. The summed E-state index contributed by atoms with van der Waals surface area (Å²) in [4.78, 5) is 14.3. The molecule has 1 heterocycles. The lowest BCUT2D eigenvalue weighted by Crippen LogP contribution is -2.41. The lowest BCUT2D eigenvalue weighted by molar-refractivity contribution is 0.0121. The zero-order chi connectivity index (χ0) is 14.4. The van der Waals surface area contributed by atoms with Crippen molar-refractivity contribution in [3.8, 4) is 5.75 Å². The Balaban J connectivity index is 1.91. The van der Waals surface area contributed by atoms with Gasteiger partial charge in [-0.05, 0) is 31.0 Å². The van der Waals surface area contributed by atoms with E-state index in [4.69, 9.17) is 15.2 Å². The molecule has 1 saturated heterocycles. The quantitative estimate of drug-likeness (QED) is 0.881. The first-order chi connectivity index (χ1) is 9.74. The van der Waals surface area contributed by atoms with Crippen LogP contribution in [-0.2, 0) is 4.74 Å². The Morgan fingerprint density at radius 3 is 2.80 bits per heavy atom. The van der Waals surface area contributed by atoms with Gasteiger partial charge in [-0.1, -0.05) is 6.07 Å². The van der Waals surface area contributed by atoms with Crippen molar-refractivity contribution in [2.24, 2.45) is 5.73 Å². The van der Waals surface area contributed by atoms with Crippen LogP contribution < -0.4 is 10.5 Å². The highest BCUT2D eigenvalue weighted by atomic mass is 16.5. The Bertz CT molecular complexity index is 442. The average molecular weight is 278 g/mol. The molecule has 1 aliphatic rings. The smallest absolute Gasteiger partial charge is 0.253 e. The zero-order valence-corrected chi connectivity index (χ0v) is 11.9. The van der Waals surface area contributed by atoms with Gasteiger partial charge in [0.1, 0.15) is 5.75 Å². The van der Waals surface area contributed by atoms with Gasteiger partial charge in [-0.3, -0.25) is 4.79 Å². The van der Waals surface area contributed by atoms with Gasteiger partial charge in [-0.25, -0.2) is 0 Å². The molecule has 1 amide bonds. The molecule has 1 aliphatic heterocycles. The largest absolute Gasteiger partial charge is 0.497 e. The van der Waals surface area contributed by atoms with Crippen LogP contribution in [0.15, 0.2) is 24.3 Å². The van der Waals surface area contributed by atoms with Gasteiger partial charge >= 0.3 is 0 Å². The minimum absolute atomic E-state index is 0.0566. The van der Waals surface area contributed by atoms with Gasteiger partial charge in [0.15, 0.2) is 0 Å². The molecule has 0 saturated carbocycles. The zero-order valence-electron chi connectivity index (χ0n) is 11.9. The van der Waals surface area contributed by atoms with Crippen molar-refractivity contribution in [2.75, 3.05) is 33.4 Å². The topological polar surface area (TPSA) is 64.8 Å². The van der Waals surface area contributed by atoms with Gasteiger partial charge in [-0.2, -0.15) is 0 Å². The molecular formula is C15H22N2O3.